The summed E-state index contributed by atoms with van der Waals surface area (Å²) in [5, 5.41) is 5.54. The first kappa shape index (κ1) is 17.2. The van der Waals surface area contributed by atoms with Crippen LogP contribution in [-0.2, 0) is 7.05 Å². The first-order valence-corrected chi connectivity index (χ1v) is 10.7. The van der Waals surface area contributed by atoms with Gasteiger partial charge in [-0.3, -0.25) is 9.58 Å². The molecule has 2 aromatic rings. The Hall–Kier alpha value is -1.89. The minimum atomic E-state index is 0.807. The largest absolute Gasteiger partial charge is 0.356 e. The van der Waals surface area contributed by atoms with Gasteiger partial charge < -0.3 is 9.80 Å². The van der Waals surface area contributed by atoms with Gasteiger partial charge in [0.2, 0.25) is 5.95 Å². The SMILES string of the molecule is Cn1ncc2c(N3CCCC3)nc(N3CCN(C4CCCCC4)CC3)nc21. The zero-order chi connectivity index (χ0) is 18.2. The van der Waals surface area contributed by atoms with Crippen molar-refractivity contribution in [2.45, 2.75) is 51.0 Å². The molecule has 4 heterocycles. The Labute approximate surface area is 161 Å². The predicted molar refractivity (Wildman–Crippen MR) is 108 cm³/mol. The van der Waals surface area contributed by atoms with Crippen LogP contribution >= 0.6 is 0 Å². The van der Waals surface area contributed by atoms with E-state index in [0.29, 0.717) is 0 Å². The van der Waals surface area contributed by atoms with E-state index >= 15 is 0 Å². The maximum absolute atomic E-state index is 5.03. The summed E-state index contributed by atoms with van der Waals surface area (Å²) in [5.74, 6) is 1.96. The van der Waals surface area contributed by atoms with E-state index in [1.165, 1.54) is 44.9 Å². The molecule has 0 spiro atoms. The van der Waals surface area contributed by atoms with Gasteiger partial charge in [-0.2, -0.15) is 15.1 Å². The van der Waals surface area contributed by atoms with Gasteiger partial charge in [-0.15, -0.1) is 0 Å². The molecule has 1 aliphatic carbocycles. The highest BCUT2D eigenvalue weighted by Gasteiger charge is 2.27. The Bertz CT molecular complexity index is 781. The molecule has 0 aromatic carbocycles. The van der Waals surface area contributed by atoms with Crippen molar-refractivity contribution in [3.63, 3.8) is 0 Å². The summed E-state index contributed by atoms with van der Waals surface area (Å²) < 4.78 is 1.89. The van der Waals surface area contributed by atoms with Crippen LogP contribution in [0, 0.1) is 0 Å². The summed E-state index contributed by atoms with van der Waals surface area (Å²) in [5.41, 5.74) is 0.955. The Morgan fingerprint density at radius 2 is 1.56 bits per heavy atom. The van der Waals surface area contributed by atoms with Gasteiger partial charge >= 0.3 is 0 Å². The van der Waals surface area contributed by atoms with Gasteiger partial charge in [0.15, 0.2) is 5.65 Å². The number of piperazine rings is 1. The number of fused-ring (bicyclic) bond motifs is 1. The van der Waals surface area contributed by atoms with Gasteiger partial charge in [0.1, 0.15) is 5.82 Å². The van der Waals surface area contributed by atoms with Crippen molar-refractivity contribution in [1.82, 2.24) is 24.6 Å². The predicted octanol–water partition coefficient (Wildman–Crippen LogP) is 2.42. The molecule has 0 atom stereocenters. The molecular weight excluding hydrogens is 338 g/mol. The molecule has 146 valence electrons. The minimum absolute atomic E-state index is 0.807. The van der Waals surface area contributed by atoms with Crippen molar-refractivity contribution >= 4 is 22.8 Å². The number of rotatable bonds is 3. The van der Waals surface area contributed by atoms with Crippen LogP contribution < -0.4 is 9.80 Å². The molecule has 2 aliphatic heterocycles. The molecule has 3 aliphatic rings. The third-order valence-electron chi connectivity index (χ3n) is 6.65. The third kappa shape index (κ3) is 3.26. The first-order chi connectivity index (χ1) is 13.3. The smallest absolute Gasteiger partial charge is 0.229 e. The number of anilines is 2. The van der Waals surface area contributed by atoms with E-state index in [9.17, 15) is 0 Å². The van der Waals surface area contributed by atoms with Crippen molar-refractivity contribution in [1.29, 1.82) is 0 Å². The number of hydrogen-bond acceptors (Lipinski definition) is 6. The highest BCUT2D eigenvalue weighted by Crippen LogP contribution is 2.30. The van der Waals surface area contributed by atoms with Crippen molar-refractivity contribution in [2.75, 3.05) is 49.1 Å². The van der Waals surface area contributed by atoms with E-state index in [4.69, 9.17) is 9.97 Å². The van der Waals surface area contributed by atoms with Gasteiger partial charge in [-0.05, 0) is 25.7 Å². The maximum atomic E-state index is 5.03. The molecule has 0 N–H and O–H groups in total. The van der Waals surface area contributed by atoms with Crippen LogP contribution in [0.5, 0.6) is 0 Å². The normalized spacial score (nSPS) is 22.9. The second-order valence-electron chi connectivity index (χ2n) is 8.36. The van der Waals surface area contributed by atoms with E-state index in [-0.39, 0.29) is 0 Å². The first-order valence-electron chi connectivity index (χ1n) is 10.7. The van der Waals surface area contributed by atoms with Crippen LogP contribution in [0.25, 0.3) is 11.0 Å². The third-order valence-corrected chi connectivity index (χ3v) is 6.65. The fraction of sp³-hybridized carbons (Fsp3) is 0.750. The number of aryl methyl sites for hydroxylation is 1. The number of hydrogen-bond donors (Lipinski definition) is 0. The van der Waals surface area contributed by atoms with Crippen LogP contribution in [0.2, 0.25) is 0 Å². The molecule has 7 nitrogen and oxygen atoms in total. The monoisotopic (exact) mass is 369 g/mol. The molecule has 7 heteroatoms. The zero-order valence-electron chi connectivity index (χ0n) is 16.5. The van der Waals surface area contributed by atoms with Gasteiger partial charge in [0.25, 0.3) is 0 Å². The van der Waals surface area contributed by atoms with Crippen LogP contribution in [0.1, 0.15) is 44.9 Å². The topological polar surface area (TPSA) is 53.3 Å². The Morgan fingerprint density at radius 3 is 2.30 bits per heavy atom. The summed E-state index contributed by atoms with van der Waals surface area (Å²) in [7, 11) is 1.98. The summed E-state index contributed by atoms with van der Waals surface area (Å²) >= 11 is 0. The molecular formula is C20H31N7. The van der Waals surface area contributed by atoms with E-state index in [1.807, 2.05) is 17.9 Å². The molecule has 3 fully saturated rings. The second kappa shape index (κ2) is 7.26. The lowest BCUT2D eigenvalue weighted by Crippen LogP contribution is -2.51. The van der Waals surface area contributed by atoms with Crippen LogP contribution in [0.3, 0.4) is 0 Å². The van der Waals surface area contributed by atoms with Gasteiger partial charge in [0, 0.05) is 52.4 Å². The van der Waals surface area contributed by atoms with Crippen LogP contribution in [0.4, 0.5) is 11.8 Å². The second-order valence-corrected chi connectivity index (χ2v) is 8.36. The zero-order valence-corrected chi connectivity index (χ0v) is 16.5. The lowest BCUT2D eigenvalue weighted by molar-refractivity contribution is 0.147. The van der Waals surface area contributed by atoms with E-state index in [2.05, 4.69) is 19.8 Å². The molecule has 27 heavy (non-hydrogen) atoms. The molecule has 0 amide bonds. The highest BCUT2D eigenvalue weighted by atomic mass is 15.4. The number of aromatic nitrogens is 4. The van der Waals surface area contributed by atoms with Crippen molar-refractivity contribution in [2.24, 2.45) is 7.05 Å². The van der Waals surface area contributed by atoms with Gasteiger partial charge in [-0.1, -0.05) is 19.3 Å². The fourth-order valence-electron chi connectivity index (χ4n) is 5.04. The molecule has 5 rings (SSSR count). The average Bonchev–Trinajstić information content (AvgIpc) is 3.39. The summed E-state index contributed by atoms with van der Waals surface area (Å²) in [4.78, 5) is 17.4. The highest BCUT2D eigenvalue weighted by molar-refractivity contribution is 5.88. The molecule has 2 aromatic heterocycles. The van der Waals surface area contributed by atoms with Crippen molar-refractivity contribution in [3.05, 3.63) is 6.20 Å². The Balaban J connectivity index is 1.38. The van der Waals surface area contributed by atoms with Crippen LogP contribution in [0.15, 0.2) is 6.20 Å². The fourth-order valence-corrected chi connectivity index (χ4v) is 5.04. The van der Waals surface area contributed by atoms with Crippen molar-refractivity contribution < 1.29 is 0 Å². The molecule has 0 bridgehead atoms. The van der Waals surface area contributed by atoms with E-state index in [1.54, 1.807) is 0 Å². The van der Waals surface area contributed by atoms with Gasteiger partial charge in [-0.25, -0.2) is 0 Å². The lowest BCUT2D eigenvalue weighted by Gasteiger charge is -2.40. The summed E-state index contributed by atoms with van der Waals surface area (Å²) in [6.45, 7) is 6.51. The lowest BCUT2D eigenvalue weighted by atomic mass is 9.94. The Morgan fingerprint density at radius 1 is 0.815 bits per heavy atom. The quantitative estimate of drug-likeness (QED) is 0.828. The average molecular weight is 370 g/mol. The summed E-state index contributed by atoms with van der Waals surface area (Å²) in [6, 6.07) is 0.807. The maximum Gasteiger partial charge on any atom is 0.229 e. The van der Waals surface area contributed by atoms with E-state index in [0.717, 1.165) is 68.1 Å². The van der Waals surface area contributed by atoms with Crippen molar-refractivity contribution in [3.8, 4) is 0 Å². The van der Waals surface area contributed by atoms with Crippen LogP contribution in [-0.4, -0.2) is 70.0 Å². The van der Waals surface area contributed by atoms with E-state index < -0.39 is 0 Å². The Kier molecular flexibility index (Phi) is 4.63. The molecule has 0 unspecified atom stereocenters. The summed E-state index contributed by atoms with van der Waals surface area (Å²) in [6.07, 6.45) is 11.4. The standard InChI is InChI=1S/C20H31N7/c1-24-18-17(15-21-24)19(26-9-5-6-10-26)23-20(22-18)27-13-11-25(12-14-27)16-7-3-2-4-8-16/h15-16H,2-14H2,1H3. The molecule has 0 radical (unpaired) electrons. The minimum Gasteiger partial charge on any atom is -0.356 e. The van der Waals surface area contributed by atoms with Gasteiger partial charge in [0.05, 0.1) is 11.6 Å². The number of nitrogens with zero attached hydrogens (tertiary/aromatic N) is 7. The molecule has 2 saturated heterocycles. The molecule has 1 saturated carbocycles.